The van der Waals surface area contributed by atoms with Gasteiger partial charge >= 0.3 is 5.97 Å². The van der Waals surface area contributed by atoms with E-state index in [0.717, 1.165) is 12.7 Å². The Morgan fingerprint density at radius 1 is 0.900 bits per heavy atom. The lowest BCUT2D eigenvalue weighted by Gasteiger charge is -2.28. The Labute approximate surface area is 174 Å². The number of para-hydroxylation sites is 1. The normalized spacial score (nSPS) is 14.4. The van der Waals surface area contributed by atoms with Crippen molar-refractivity contribution in [1.82, 2.24) is 0 Å². The molecule has 0 aliphatic carbocycles. The van der Waals surface area contributed by atoms with Crippen LogP contribution >= 0.6 is 0 Å². The second kappa shape index (κ2) is 8.04. The SMILES string of the molecule is COC(=O)C1=CN(c2ccc(OCc3ccccc3)cc2)c2ccccc2S1(=O)=O. The molecular formula is C23H19NO5S. The average molecular weight is 421 g/mol. The van der Waals surface area contributed by atoms with Gasteiger partial charge in [0.05, 0.1) is 17.7 Å². The zero-order valence-corrected chi connectivity index (χ0v) is 17.0. The van der Waals surface area contributed by atoms with E-state index in [-0.39, 0.29) is 4.90 Å². The standard InChI is InChI=1S/C23H19NO5S/c1-28-23(25)22-15-24(20-9-5-6-10-21(20)30(22,26)27)18-11-13-19(14-12-18)29-16-17-7-3-2-4-8-17/h2-15H,16H2,1H3. The Bertz CT molecular complexity index is 1200. The number of ether oxygens (including phenoxy) is 2. The highest BCUT2D eigenvalue weighted by atomic mass is 32.2. The third-order valence-electron chi connectivity index (χ3n) is 4.70. The molecule has 7 heteroatoms. The minimum absolute atomic E-state index is 0.0531. The van der Waals surface area contributed by atoms with E-state index in [1.807, 2.05) is 30.3 Å². The molecule has 0 atom stereocenters. The summed E-state index contributed by atoms with van der Waals surface area (Å²) in [6.07, 6.45) is 1.29. The van der Waals surface area contributed by atoms with Crippen LogP contribution in [0.1, 0.15) is 5.56 Å². The predicted molar refractivity (Wildman–Crippen MR) is 113 cm³/mol. The number of nitrogens with zero attached hydrogens (tertiary/aromatic N) is 1. The van der Waals surface area contributed by atoms with Gasteiger partial charge in [0.2, 0.25) is 9.84 Å². The number of anilines is 2. The number of carbonyl (C=O) groups excluding carboxylic acids is 1. The quantitative estimate of drug-likeness (QED) is 0.575. The molecule has 1 aliphatic heterocycles. The molecule has 0 bridgehead atoms. The fourth-order valence-corrected chi connectivity index (χ4v) is 4.66. The van der Waals surface area contributed by atoms with Crippen molar-refractivity contribution in [3.63, 3.8) is 0 Å². The first-order valence-electron chi connectivity index (χ1n) is 9.21. The lowest BCUT2D eigenvalue weighted by Crippen LogP contribution is -2.26. The van der Waals surface area contributed by atoms with Crippen molar-refractivity contribution in [2.45, 2.75) is 11.5 Å². The van der Waals surface area contributed by atoms with E-state index in [1.165, 1.54) is 12.3 Å². The number of esters is 1. The van der Waals surface area contributed by atoms with Crippen molar-refractivity contribution in [1.29, 1.82) is 0 Å². The summed E-state index contributed by atoms with van der Waals surface area (Å²) < 4.78 is 36.2. The van der Waals surface area contributed by atoms with Gasteiger partial charge in [0.1, 0.15) is 12.4 Å². The summed E-state index contributed by atoms with van der Waals surface area (Å²) in [5.41, 5.74) is 2.20. The smallest absolute Gasteiger partial charge is 0.351 e. The van der Waals surface area contributed by atoms with Crippen molar-refractivity contribution in [3.8, 4) is 5.75 Å². The van der Waals surface area contributed by atoms with Gasteiger partial charge in [0.25, 0.3) is 0 Å². The molecule has 3 aromatic carbocycles. The fraction of sp³-hybridized carbons (Fsp3) is 0.0870. The molecule has 0 unspecified atom stereocenters. The molecule has 1 heterocycles. The van der Waals surface area contributed by atoms with Gasteiger partial charge in [-0.2, -0.15) is 0 Å². The summed E-state index contributed by atoms with van der Waals surface area (Å²) >= 11 is 0. The number of fused-ring (bicyclic) bond motifs is 1. The second-order valence-corrected chi connectivity index (χ2v) is 8.48. The van der Waals surface area contributed by atoms with Crippen LogP contribution in [0, 0.1) is 0 Å². The first kappa shape index (κ1) is 19.7. The van der Waals surface area contributed by atoms with Gasteiger partial charge < -0.3 is 14.4 Å². The van der Waals surface area contributed by atoms with Crippen LogP contribution in [0.3, 0.4) is 0 Å². The van der Waals surface area contributed by atoms with E-state index in [1.54, 1.807) is 47.4 Å². The molecule has 0 fully saturated rings. The molecule has 1 aliphatic rings. The van der Waals surface area contributed by atoms with Crippen LogP contribution in [0.15, 0.2) is 94.9 Å². The van der Waals surface area contributed by atoms with Gasteiger partial charge in [-0.05, 0) is 42.0 Å². The lowest BCUT2D eigenvalue weighted by molar-refractivity contribution is -0.135. The molecule has 0 saturated carbocycles. The van der Waals surface area contributed by atoms with E-state index >= 15 is 0 Å². The zero-order chi connectivity index (χ0) is 21.1. The number of carbonyl (C=O) groups is 1. The topological polar surface area (TPSA) is 72.9 Å². The first-order valence-corrected chi connectivity index (χ1v) is 10.7. The number of rotatable bonds is 5. The van der Waals surface area contributed by atoms with Gasteiger partial charge in [-0.1, -0.05) is 42.5 Å². The maximum atomic E-state index is 12.8. The Morgan fingerprint density at radius 2 is 1.57 bits per heavy atom. The van der Waals surface area contributed by atoms with Crippen LogP contribution in [0.5, 0.6) is 5.75 Å². The molecule has 0 spiro atoms. The van der Waals surface area contributed by atoms with Gasteiger partial charge in [-0.15, -0.1) is 0 Å². The Hall–Kier alpha value is -3.58. The largest absolute Gasteiger partial charge is 0.489 e. The van der Waals surface area contributed by atoms with Gasteiger partial charge in [0.15, 0.2) is 4.91 Å². The number of hydrogen-bond donors (Lipinski definition) is 0. The fourth-order valence-electron chi connectivity index (χ4n) is 3.18. The molecule has 0 radical (unpaired) electrons. The van der Waals surface area contributed by atoms with Crippen LogP contribution < -0.4 is 9.64 Å². The zero-order valence-electron chi connectivity index (χ0n) is 16.2. The summed E-state index contributed by atoms with van der Waals surface area (Å²) in [6, 6.07) is 23.6. The summed E-state index contributed by atoms with van der Waals surface area (Å²) in [6.45, 7) is 0.442. The molecular weight excluding hydrogens is 402 g/mol. The van der Waals surface area contributed by atoms with Crippen molar-refractivity contribution >= 4 is 27.2 Å². The van der Waals surface area contributed by atoms with Crippen molar-refractivity contribution in [2.24, 2.45) is 0 Å². The molecule has 0 amide bonds. The van der Waals surface area contributed by atoms with Crippen LogP contribution in [0.2, 0.25) is 0 Å². The molecule has 0 N–H and O–H groups in total. The average Bonchev–Trinajstić information content (AvgIpc) is 2.78. The summed E-state index contributed by atoms with van der Waals surface area (Å²) in [4.78, 5) is 13.4. The van der Waals surface area contributed by atoms with Crippen molar-refractivity contribution in [2.75, 3.05) is 12.0 Å². The lowest BCUT2D eigenvalue weighted by atomic mass is 10.2. The van der Waals surface area contributed by atoms with Gasteiger partial charge in [-0.25, -0.2) is 13.2 Å². The molecule has 0 saturated heterocycles. The predicted octanol–water partition coefficient (Wildman–Crippen LogP) is 4.21. The molecule has 6 nitrogen and oxygen atoms in total. The third-order valence-corrected chi connectivity index (χ3v) is 6.48. The maximum absolute atomic E-state index is 12.8. The number of methoxy groups -OCH3 is 1. The summed E-state index contributed by atoms with van der Waals surface area (Å²) in [7, 11) is -2.81. The highest BCUT2D eigenvalue weighted by Crippen LogP contribution is 2.40. The minimum atomic E-state index is -3.96. The van der Waals surface area contributed by atoms with E-state index < -0.39 is 20.7 Å². The molecule has 3 aromatic rings. The Kier molecular flexibility index (Phi) is 5.29. The Morgan fingerprint density at radius 3 is 2.27 bits per heavy atom. The van der Waals surface area contributed by atoms with E-state index in [2.05, 4.69) is 4.74 Å². The minimum Gasteiger partial charge on any atom is -0.489 e. The van der Waals surface area contributed by atoms with Crippen molar-refractivity contribution in [3.05, 3.63) is 95.5 Å². The van der Waals surface area contributed by atoms with E-state index in [0.29, 0.717) is 23.7 Å². The monoisotopic (exact) mass is 421 g/mol. The molecule has 4 rings (SSSR count). The van der Waals surface area contributed by atoms with Crippen molar-refractivity contribution < 1.29 is 22.7 Å². The van der Waals surface area contributed by atoms with Crippen LogP contribution in [0.4, 0.5) is 11.4 Å². The molecule has 0 aromatic heterocycles. The number of hydrogen-bond acceptors (Lipinski definition) is 6. The van der Waals surface area contributed by atoms with Gasteiger partial charge in [-0.3, -0.25) is 0 Å². The summed E-state index contributed by atoms with van der Waals surface area (Å²) in [5.74, 6) is -0.227. The Balaban J connectivity index is 1.66. The summed E-state index contributed by atoms with van der Waals surface area (Å²) in [5, 5.41) is 0. The first-order chi connectivity index (χ1) is 14.5. The van der Waals surface area contributed by atoms with Gasteiger partial charge in [0, 0.05) is 11.9 Å². The van der Waals surface area contributed by atoms with E-state index in [4.69, 9.17) is 4.74 Å². The number of sulfone groups is 1. The maximum Gasteiger partial charge on any atom is 0.351 e. The highest BCUT2D eigenvalue weighted by Gasteiger charge is 2.36. The van der Waals surface area contributed by atoms with Crippen LogP contribution in [0.25, 0.3) is 0 Å². The molecule has 152 valence electrons. The molecule has 30 heavy (non-hydrogen) atoms. The highest BCUT2D eigenvalue weighted by molar-refractivity contribution is 7.96. The van der Waals surface area contributed by atoms with Crippen LogP contribution in [-0.2, 0) is 26.0 Å². The van der Waals surface area contributed by atoms with E-state index in [9.17, 15) is 13.2 Å². The van der Waals surface area contributed by atoms with Crippen LogP contribution in [-0.4, -0.2) is 21.5 Å². The third kappa shape index (κ3) is 3.67. The second-order valence-electron chi connectivity index (χ2n) is 6.59. The number of benzene rings is 3.